The van der Waals surface area contributed by atoms with Gasteiger partial charge in [0.2, 0.25) is 0 Å². The minimum atomic E-state index is 0.0343. The minimum Gasteiger partial charge on any atom is -0.316 e. The van der Waals surface area contributed by atoms with Crippen LogP contribution in [0.5, 0.6) is 0 Å². The zero-order chi connectivity index (χ0) is 18.8. The first-order chi connectivity index (χ1) is 12.9. The van der Waals surface area contributed by atoms with E-state index in [2.05, 4.69) is 37.8 Å². The molecule has 0 aromatic carbocycles. The molecule has 4 aliphatic carbocycles. The molecular weight excluding hydrogens is 350 g/mol. The first-order valence-electron chi connectivity index (χ1n) is 11.8. The Kier molecular flexibility index (Phi) is 4.75. The zero-order valence-corrected chi connectivity index (χ0v) is 18.5. The molecule has 0 aromatic rings. The van der Waals surface area contributed by atoms with E-state index in [4.69, 9.17) is 0 Å². The van der Waals surface area contributed by atoms with Crippen molar-refractivity contribution in [1.29, 1.82) is 0 Å². The van der Waals surface area contributed by atoms with Crippen molar-refractivity contribution in [3.05, 3.63) is 0 Å². The number of ketones is 1. The number of hydrogen-bond donors (Lipinski definition) is 1. The van der Waals surface area contributed by atoms with Gasteiger partial charge in [0.1, 0.15) is 5.78 Å². The molecule has 9 atom stereocenters. The van der Waals surface area contributed by atoms with Gasteiger partial charge in [-0.25, -0.2) is 0 Å². The Labute approximate surface area is 170 Å². The number of thioether (sulfide) groups is 1. The summed E-state index contributed by atoms with van der Waals surface area (Å²) >= 11 is 2.32. The summed E-state index contributed by atoms with van der Waals surface area (Å²) in [5.41, 5.74) is 0.576. The molecule has 1 aliphatic heterocycles. The Morgan fingerprint density at radius 3 is 2.59 bits per heavy atom. The van der Waals surface area contributed by atoms with E-state index in [1.807, 2.05) is 0 Å². The molecule has 4 saturated carbocycles. The third kappa shape index (κ3) is 2.88. The maximum absolute atomic E-state index is 12.6. The molecule has 27 heavy (non-hydrogen) atoms. The van der Waals surface area contributed by atoms with Crippen LogP contribution < -0.4 is 5.32 Å². The van der Waals surface area contributed by atoms with Gasteiger partial charge in [-0.3, -0.25) is 4.79 Å². The normalized spacial score (nSPS) is 55.1. The minimum absolute atomic E-state index is 0.0343. The summed E-state index contributed by atoms with van der Waals surface area (Å²) in [6.07, 6.45) is 11.7. The number of fused-ring (bicyclic) bond motifs is 5. The second-order valence-corrected chi connectivity index (χ2v) is 12.9. The molecule has 1 saturated heterocycles. The first-order valence-corrected chi connectivity index (χ1v) is 12.8. The van der Waals surface area contributed by atoms with Crippen LogP contribution in [0.2, 0.25) is 0 Å². The van der Waals surface area contributed by atoms with Gasteiger partial charge in [0.15, 0.2) is 0 Å². The molecule has 0 radical (unpaired) electrons. The summed E-state index contributed by atoms with van der Waals surface area (Å²) in [5.74, 6) is 4.77. The summed E-state index contributed by atoms with van der Waals surface area (Å²) < 4.78 is 0. The van der Waals surface area contributed by atoms with Crippen LogP contribution in [0.4, 0.5) is 0 Å². The molecule has 5 rings (SSSR count). The number of nitrogens with one attached hydrogen (secondary N) is 1. The van der Waals surface area contributed by atoms with Crippen LogP contribution in [0.15, 0.2) is 0 Å². The highest BCUT2D eigenvalue weighted by Gasteiger charge is 2.61. The first kappa shape index (κ1) is 19.0. The molecule has 0 bridgehead atoms. The van der Waals surface area contributed by atoms with Crippen molar-refractivity contribution >= 4 is 17.5 Å². The van der Waals surface area contributed by atoms with Gasteiger partial charge in [-0.2, -0.15) is 11.8 Å². The molecule has 152 valence electrons. The maximum atomic E-state index is 12.6. The van der Waals surface area contributed by atoms with E-state index in [1.54, 1.807) is 0 Å². The standard InChI is InChI=1S/C24H39NOS/c1-15-12-18-19-4-5-22(26)24(19,3)10-7-20(18)23(2)9-6-16(13-21(15)23)27-17-8-11-25-14-17/h15-21,25H,4-14H2,1-3H3/t15-,16+,17-,18-,19-,20-,21?,23+,24-/m0/s1. The topological polar surface area (TPSA) is 29.1 Å². The highest BCUT2D eigenvalue weighted by atomic mass is 32.2. The van der Waals surface area contributed by atoms with Gasteiger partial charge < -0.3 is 5.32 Å². The molecule has 1 heterocycles. The summed E-state index contributed by atoms with van der Waals surface area (Å²) in [7, 11) is 0. The number of hydrogen-bond acceptors (Lipinski definition) is 3. The Balaban J connectivity index is 1.35. The number of Topliss-reactive ketones (excluding diaryl/α,β-unsaturated/α-hetero) is 1. The van der Waals surface area contributed by atoms with Crippen molar-refractivity contribution in [2.45, 2.75) is 89.1 Å². The summed E-state index contributed by atoms with van der Waals surface area (Å²) in [6, 6.07) is 0. The molecule has 2 nitrogen and oxygen atoms in total. The third-order valence-corrected chi connectivity index (χ3v) is 11.7. The fraction of sp³-hybridized carbons (Fsp3) is 0.958. The lowest BCUT2D eigenvalue weighted by atomic mass is 9.43. The predicted molar refractivity (Wildman–Crippen MR) is 114 cm³/mol. The highest BCUT2D eigenvalue weighted by Crippen LogP contribution is 2.67. The molecule has 1 N–H and O–H groups in total. The van der Waals surface area contributed by atoms with Gasteiger partial charge >= 0.3 is 0 Å². The van der Waals surface area contributed by atoms with Gasteiger partial charge in [-0.05, 0) is 92.9 Å². The molecular formula is C24H39NOS. The Morgan fingerprint density at radius 2 is 1.81 bits per heavy atom. The monoisotopic (exact) mass is 389 g/mol. The second-order valence-electron chi connectivity index (χ2n) is 11.3. The van der Waals surface area contributed by atoms with Crippen molar-refractivity contribution < 1.29 is 4.79 Å². The second kappa shape index (κ2) is 6.76. The van der Waals surface area contributed by atoms with E-state index >= 15 is 0 Å². The maximum Gasteiger partial charge on any atom is 0.139 e. The third-order valence-electron chi connectivity index (χ3n) is 10.1. The van der Waals surface area contributed by atoms with Crippen LogP contribution in [0.3, 0.4) is 0 Å². The van der Waals surface area contributed by atoms with Crippen LogP contribution in [0, 0.1) is 40.4 Å². The van der Waals surface area contributed by atoms with Crippen LogP contribution in [0.25, 0.3) is 0 Å². The number of carbonyl (C=O) groups excluding carboxylic acids is 1. The number of carbonyl (C=O) groups is 1. The molecule has 0 aromatic heterocycles. The van der Waals surface area contributed by atoms with Crippen molar-refractivity contribution in [3.8, 4) is 0 Å². The Morgan fingerprint density at radius 1 is 0.963 bits per heavy atom. The van der Waals surface area contributed by atoms with Crippen molar-refractivity contribution in [2.24, 2.45) is 40.4 Å². The summed E-state index contributed by atoms with van der Waals surface area (Å²) in [4.78, 5) is 12.6. The van der Waals surface area contributed by atoms with Gasteiger partial charge in [-0.1, -0.05) is 20.8 Å². The van der Waals surface area contributed by atoms with Crippen LogP contribution >= 0.6 is 11.8 Å². The average Bonchev–Trinajstić information content (AvgIpc) is 3.25. The largest absolute Gasteiger partial charge is 0.316 e. The molecule has 0 amide bonds. The van der Waals surface area contributed by atoms with E-state index in [1.165, 1.54) is 64.5 Å². The SMILES string of the molecule is C[C@H]1C[C@@H]2[C@H](CC[C@]3(C)C(=O)CC[C@@H]23)[C@@]2(C)CC[C@@H](S[C@H]3CCNC3)CC12. The van der Waals surface area contributed by atoms with Crippen molar-refractivity contribution in [3.63, 3.8) is 0 Å². The lowest BCUT2D eigenvalue weighted by Crippen LogP contribution is -2.56. The lowest BCUT2D eigenvalue weighted by Gasteiger charge is -2.62. The summed E-state index contributed by atoms with van der Waals surface area (Å²) in [5, 5.41) is 5.32. The Hall–Kier alpha value is -0.0200. The van der Waals surface area contributed by atoms with Gasteiger partial charge in [0, 0.05) is 28.9 Å². The summed E-state index contributed by atoms with van der Waals surface area (Å²) in [6.45, 7) is 10.0. The van der Waals surface area contributed by atoms with Gasteiger partial charge in [0.25, 0.3) is 0 Å². The van der Waals surface area contributed by atoms with Gasteiger partial charge in [-0.15, -0.1) is 0 Å². The van der Waals surface area contributed by atoms with Crippen LogP contribution in [-0.4, -0.2) is 29.4 Å². The lowest BCUT2D eigenvalue weighted by molar-refractivity contribution is -0.144. The number of rotatable bonds is 2. The molecule has 5 fully saturated rings. The van der Waals surface area contributed by atoms with E-state index < -0.39 is 0 Å². The van der Waals surface area contributed by atoms with Crippen LogP contribution in [-0.2, 0) is 4.79 Å². The average molecular weight is 390 g/mol. The highest BCUT2D eigenvalue weighted by molar-refractivity contribution is 8.00. The Bertz CT molecular complexity index is 601. The van der Waals surface area contributed by atoms with Crippen molar-refractivity contribution in [2.75, 3.05) is 13.1 Å². The van der Waals surface area contributed by atoms with Gasteiger partial charge in [0.05, 0.1) is 0 Å². The molecule has 3 heteroatoms. The quantitative estimate of drug-likeness (QED) is 0.694. The fourth-order valence-corrected chi connectivity index (χ4v) is 10.2. The molecule has 5 aliphatic rings. The fourth-order valence-electron chi connectivity index (χ4n) is 8.61. The van der Waals surface area contributed by atoms with E-state index in [-0.39, 0.29) is 5.41 Å². The van der Waals surface area contributed by atoms with Crippen LogP contribution in [0.1, 0.15) is 78.6 Å². The zero-order valence-electron chi connectivity index (χ0n) is 17.6. The van der Waals surface area contributed by atoms with Crippen molar-refractivity contribution in [1.82, 2.24) is 5.32 Å². The predicted octanol–water partition coefficient (Wildman–Crippen LogP) is 5.31. The molecule has 0 spiro atoms. The van der Waals surface area contributed by atoms with E-state index in [0.29, 0.717) is 17.1 Å². The van der Waals surface area contributed by atoms with E-state index in [9.17, 15) is 4.79 Å². The molecule has 1 unspecified atom stereocenters. The smallest absolute Gasteiger partial charge is 0.139 e. The van der Waals surface area contributed by atoms with E-state index in [0.717, 1.165) is 40.6 Å².